The van der Waals surface area contributed by atoms with Crippen LogP contribution in [0.3, 0.4) is 0 Å². The maximum atomic E-state index is 12.4. The van der Waals surface area contributed by atoms with Crippen LogP contribution in [0.5, 0.6) is 5.75 Å². The van der Waals surface area contributed by atoms with E-state index in [0.29, 0.717) is 24.1 Å². The van der Waals surface area contributed by atoms with Gasteiger partial charge in [-0.25, -0.2) is 0 Å². The SMILES string of the molecule is COc1cccc(-c2noc([C@H](C)NC(=O)Cc3ccc(CC(C)C)cc3)n2)c1. The lowest BCUT2D eigenvalue weighted by molar-refractivity contribution is -0.121. The summed E-state index contributed by atoms with van der Waals surface area (Å²) < 4.78 is 10.6. The standard InChI is InChI=1S/C23H27N3O3/c1-15(2)12-17-8-10-18(11-9-17)13-21(27)24-16(3)23-25-22(26-29-23)19-6-5-7-20(14-19)28-4/h5-11,14-16H,12-13H2,1-4H3,(H,24,27)/t16-/m0/s1. The van der Waals surface area contributed by atoms with Gasteiger partial charge in [-0.1, -0.05) is 55.4 Å². The molecule has 0 saturated carbocycles. The van der Waals surface area contributed by atoms with E-state index in [1.165, 1.54) is 5.56 Å². The van der Waals surface area contributed by atoms with Crippen molar-refractivity contribution in [3.05, 3.63) is 65.5 Å². The summed E-state index contributed by atoms with van der Waals surface area (Å²) >= 11 is 0. The highest BCUT2D eigenvalue weighted by Gasteiger charge is 2.18. The minimum Gasteiger partial charge on any atom is -0.497 e. The van der Waals surface area contributed by atoms with E-state index in [1.54, 1.807) is 7.11 Å². The fraction of sp³-hybridized carbons (Fsp3) is 0.348. The molecule has 6 nitrogen and oxygen atoms in total. The Balaban J connectivity index is 1.59. The normalized spacial score (nSPS) is 12.0. The molecule has 152 valence electrons. The highest BCUT2D eigenvalue weighted by Crippen LogP contribution is 2.22. The predicted octanol–water partition coefficient (Wildman–Crippen LogP) is 4.36. The number of rotatable bonds is 8. The van der Waals surface area contributed by atoms with E-state index in [-0.39, 0.29) is 11.9 Å². The molecule has 0 aliphatic rings. The molecule has 0 aliphatic carbocycles. The fourth-order valence-electron chi connectivity index (χ4n) is 3.09. The number of nitrogens with one attached hydrogen (secondary N) is 1. The van der Waals surface area contributed by atoms with Gasteiger partial charge in [0, 0.05) is 5.56 Å². The molecule has 2 aromatic carbocycles. The number of methoxy groups -OCH3 is 1. The number of benzene rings is 2. The number of hydrogen-bond donors (Lipinski definition) is 1. The van der Waals surface area contributed by atoms with Crippen LogP contribution in [0.2, 0.25) is 0 Å². The smallest absolute Gasteiger partial charge is 0.249 e. The first kappa shape index (κ1) is 20.6. The van der Waals surface area contributed by atoms with Crippen molar-refractivity contribution in [1.82, 2.24) is 15.5 Å². The molecule has 3 aromatic rings. The van der Waals surface area contributed by atoms with Crippen LogP contribution in [0, 0.1) is 5.92 Å². The van der Waals surface area contributed by atoms with Crippen LogP contribution in [-0.4, -0.2) is 23.2 Å². The second-order valence-electron chi connectivity index (χ2n) is 7.57. The van der Waals surface area contributed by atoms with Crippen LogP contribution < -0.4 is 10.1 Å². The van der Waals surface area contributed by atoms with Gasteiger partial charge in [0.2, 0.25) is 17.6 Å². The first-order chi connectivity index (χ1) is 13.9. The van der Waals surface area contributed by atoms with Crippen molar-refractivity contribution in [2.45, 2.75) is 39.7 Å². The molecular formula is C23H27N3O3. The highest BCUT2D eigenvalue weighted by molar-refractivity contribution is 5.78. The molecule has 0 saturated heterocycles. The first-order valence-electron chi connectivity index (χ1n) is 9.80. The van der Waals surface area contributed by atoms with Crippen LogP contribution in [0.4, 0.5) is 0 Å². The Morgan fingerprint density at radius 1 is 1.10 bits per heavy atom. The molecular weight excluding hydrogens is 366 g/mol. The molecule has 1 heterocycles. The number of amides is 1. The van der Waals surface area contributed by atoms with Crippen LogP contribution in [0.15, 0.2) is 53.1 Å². The van der Waals surface area contributed by atoms with Gasteiger partial charge < -0.3 is 14.6 Å². The average molecular weight is 393 g/mol. The van der Waals surface area contributed by atoms with E-state index in [9.17, 15) is 4.79 Å². The summed E-state index contributed by atoms with van der Waals surface area (Å²) in [7, 11) is 1.61. The molecule has 0 unspecified atom stereocenters. The number of carbonyl (C=O) groups is 1. The first-order valence-corrected chi connectivity index (χ1v) is 9.80. The van der Waals surface area contributed by atoms with Gasteiger partial charge in [0.05, 0.1) is 13.5 Å². The lowest BCUT2D eigenvalue weighted by Crippen LogP contribution is -2.28. The van der Waals surface area contributed by atoms with Crippen LogP contribution in [0.1, 0.15) is 43.8 Å². The number of aromatic nitrogens is 2. The fourth-order valence-corrected chi connectivity index (χ4v) is 3.09. The lowest BCUT2D eigenvalue weighted by Gasteiger charge is -2.10. The van der Waals surface area contributed by atoms with E-state index >= 15 is 0 Å². The molecule has 0 radical (unpaired) electrons. The molecule has 1 N–H and O–H groups in total. The molecule has 3 rings (SSSR count). The zero-order valence-electron chi connectivity index (χ0n) is 17.3. The Morgan fingerprint density at radius 3 is 2.52 bits per heavy atom. The van der Waals surface area contributed by atoms with Crippen molar-refractivity contribution in [3.8, 4) is 17.1 Å². The lowest BCUT2D eigenvalue weighted by atomic mass is 10.0. The number of hydrogen-bond acceptors (Lipinski definition) is 5. The third kappa shape index (κ3) is 5.67. The van der Waals surface area contributed by atoms with Crippen molar-refractivity contribution in [1.29, 1.82) is 0 Å². The van der Waals surface area contributed by atoms with E-state index in [4.69, 9.17) is 9.26 Å². The van der Waals surface area contributed by atoms with E-state index in [1.807, 2.05) is 43.3 Å². The summed E-state index contributed by atoms with van der Waals surface area (Å²) in [4.78, 5) is 16.8. The molecule has 0 aliphatic heterocycles. The maximum Gasteiger partial charge on any atom is 0.249 e. The third-order valence-electron chi connectivity index (χ3n) is 4.55. The molecule has 6 heteroatoms. The molecule has 29 heavy (non-hydrogen) atoms. The summed E-state index contributed by atoms with van der Waals surface area (Å²) in [6.45, 7) is 6.21. The highest BCUT2D eigenvalue weighted by atomic mass is 16.5. The second-order valence-corrected chi connectivity index (χ2v) is 7.57. The maximum absolute atomic E-state index is 12.4. The van der Waals surface area contributed by atoms with Gasteiger partial charge in [-0.05, 0) is 42.5 Å². The van der Waals surface area contributed by atoms with Gasteiger partial charge in [-0.3, -0.25) is 4.79 Å². The number of carbonyl (C=O) groups excluding carboxylic acids is 1. The van der Waals surface area contributed by atoms with Gasteiger partial charge >= 0.3 is 0 Å². The number of nitrogens with zero attached hydrogens (tertiary/aromatic N) is 2. The summed E-state index contributed by atoms with van der Waals surface area (Å²) in [5.41, 5.74) is 3.05. The summed E-state index contributed by atoms with van der Waals surface area (Å²) in [6, 6.07) is 15.2. The van der Waals surface area contributed by atoms with E-state index in [0.717, 1.165) is 23.3 Å². The Labute approximate surface area is 171 Å². The van der Waals surface area contributed by atoms with Crippen molar-refractivity contribution in [3.63, 3.8) is 0 Å². The zero-order chi connectivity index (χ0) is 20.8. The topological polar surface area (TPSA) is 77.3 Å². The Morgan fingerprint density at radius 2 is 1.83 bits per heavy atom. The molecule has 0 bridgehead atoms. The van der Waals surface area contributed by atoms with E-state index in [2.05, 4.69) is 41.4 Å². The summed E-state index contributed by atoms with van der Waals surface area (Å²) in [5.74, 6) is 2.07. The van der Waals surface area contributed by atoms with Crippen LogP contribution >= 0.6 is 0 Å². The summed E-state index contributed by atoms with van der Waals surface area (Å²) in [5, 5.41) is 6.93. The average Bonchev–Trinajstić information content (AvgIpc) is 3.19. The van der Waals surface area contributed by atoms with Gasteiger partial charge in [-0.15, -0.1) is 0 Å². The minimum atomic E-state index is -0.380. The van der Waals surface area contributed by atoms with Crippen molar-refractivity contribution >= 4 is 5.91 Å². The minimum absolute atomic E-state index is 0.0877. The Kier molecular flexibility index (Phi) is 6.65. The number of ether oxygens (including phenoxy) is 1. The van der Waals surface area contributed by atoms with E-state index < -0.39 is 0 Å². The molecule has 1 amide bonds. The zero-order valence-corrected chi connectivity index (χ0v) is 17.3. The second kappa shape index (κ2) is 9.37. The summed E-state index contributed by atoms with van der Waals surface area (Å²) in [6.07, 6.45) is 1.35. The van der Waals surface area contributed by atoms with Gasteiger partial charge in [0.15, 0.2) is 0 Å². The molecule has 1 atom stereocenters. The Bertz CT molecular complexity index is 948. The van der Waals surface area contributed by atoms with Crippen LogP contribution in [-0.2, 0) is 17.6 Å². The molecule has 0 fully saturated rings. The van der Waals surface area contributed by atoms with Crippen LogP contribution in [0.25, 0.3) is 11.4 Å². The van der Waals surface area contributed by atoms with Crippen molar-refractivity contribution in [2.75, 3.05) is 7.11 Å². The Hall–Kier alpha value is -3.15. The van der Waals surface area contributed by atoms with Gasteiger partial charge in [0.1, 0.15) is 11.8 Å². The monoisotopic (exact) mass is 393 g/mol. The van der Waals surface area contributed by atoms with Crippen molar-refractivity contribution < 1.29 is 14.1 Å². The van der Waals surface area contributed by atoms with Gasteiger partial charge in [0.25, 0.3) is 0 Å². The molecule has 0 spiro atoms. The van der Waals surface area contributed by atoms with Gasteiger partial charge in [-0.2, -0.15) is 4.98 Å². The quantitative estimate of drug-likeness (QED) is 0.615. The predicted molar refractivity (Wildman–Crippen MR) is 112 cm³/mol. The molecule has 1 aromatic heterocycles. The third-order valence-corrected chi connectivity index (χ3v) is 4.55. The van der Waals surface area contributed by atoms with Crippen molar-refractivity contribution in [2.24, 2.45) is 5.92 Å². The largest absolute Gasteiger partial charge is 0.497 e.